The van der Waals surface area contributed by atoms with Crippen molar-refractivity contribution in [3.05, 3.63) is 54.1 Å². The summed E-state index contributed by atoms with van der Waals surface area (Å²) in [5, 5.41) is 0. The lowest BCUT2D eigenvalue weighted by Gasteiger charge is -2.05. The van der Waals surface area contributed by atoms with Crippen molar-refractivity contribution in [3.8, 4) is 11.5 Å². The third-order valence-electron chi connectivity index (χ3n) is 3.28. The van der Waals surface area contributed by atoms with Gasteiger partial charge in [0, 0.05) is 0 Å². The van der Waals surface area contributed by atoms with Crippen LogP contribution >= 0.6 is 0 Å². The topological polar surface area (TPSA) is 123 Å². The van der Waals surface area contributed by atoms with Crippen LogP contribution in [0.4, 0.5) is 0 Å². The van der Waals surface area contributed by atoms with E-state index in [0.29, 0.717) is 11.5 Å². The zero-order valence-corrected chi connectivity index (χ0v) is 14.9. The highest BCUT2D eigenvalue weighted by Gasteiger charge is 2.43. The normalized spacial score (nSPS) is 11.4. The minimum absolute atomic E-state index is 0.349. The summed E-state index contributed by atoms with van der Waals surface area (Å²) < 4.78 is 58.8. The average molecular weight is 382 g/mol. The van der Waals surface area contributed by atoms with Gasteiger partial charge >= 0.3 is 4.38 Å². The second-order valence-electron chi connectivity index (χ2n) is 4.72. The highest BCUT2D eigenvalue weighted by molar-refractivity contribution is 8.31. The molecule has 2 aromatic rings. The number of sulfone groups is 2. The van der Waals surface area contributed by atoms with E-state index in [9.17, 15) is 16.8 Å². The Kier molecular flexibility index (Phi) is 5.27. The number of ether oxygens (including phenoxy) is 2. The smallest absolute Gasteiger partial charge is 0.497 e. The summed E-state index contributed by atoms with van der Waals surface area (Å²) in [7, 11) is -6.34. The molecule has 0 fully saturated rings. The molecule has 0 aliphatic rings. The first kappa shape index (κ1) is 18.7. The Morgan fingerprint density at radius 1 is 0.760 bits per heavy atom. The first-order valence-corrected chi connectivity index (χ1v) is 9.74. The quantitative estimate of drug-likeness (QED) is 0.342. The fraction of sp³-hybridized carbons (Fsp3) is 0.133. The molecule has 0 spiro atoms. The number of nitrogens with zero attached hydrogens (tertiary/aromatic N) is 2. The van der Waals surface area contributed by atoms with Crippen LogP contribution in [0.1, 0.15) is 0 Å². The number of hydrogen-bond donors (Lipinski definition) is 0. The minimum atomic E-state index is -4.57. The van der Waals surface area contributed by atoms with E-state index >= 15 is 0 Å². The zero-order chi connectivity index (χ0) is 18.7. The van der Waals surface area contributed by atoms with Gasteiger partial charge in [0.1, 0.15) is 11.5 Å². The van der Waals surface area contributed by atoms with Crippen molar-refractivity contribution in [2.45, 2.75) is 9.79 Å². The molecule has 0 aliphatic heterocycles. The first-order chi connectivity index (χ1) is 11.8. The Hall–Kier alpha value is -2.68. The van der Waals surface area contributed by atoms with Gasteiger partial charge in [-0.25, -0.2) is 16.8 Å². The molecule has 0 amide bonds. The Morgan fingerprint density at radius 3 is 1.32 bits per heavy atom. The summed E-state index contributed by atoms with van der Waals surface area (Å²) in [6.45, 7) is 0. The molecule has 0 aliphatic carbocycles. The van der Waals surface area contributed by atoms with E-state index in [1.165, 1.54) is 38.5 Å². The van der Waals surface area contributed by atoms with Crippen molar-refractivity contribution in [1.29, 1.82) is 0 Å². The molecule has 0 bridgehead atoms. The molecule has 0 radical (unpaired) electrons. The van der Waals surface area contributed by atoms with E-state index in [0.717, 1.165) is 24.3 Å². The summed E-state index contributed by atoms with van der Waals surface area (Å²) in [4.78, 5) is 1.85. The molecule has 132 valence electrons. The SMILES string of the molecule is COc1ccc(S(=O)(=O)C(=[N+]=[N-])S(=O)(=O)c2ccc(OC)cc2)cc1. The Balaban J connectivity index is 2.54. The van der Waals surface area contributed by atoms with Gasteiger partial charge in [0.25, 0.3) is 19.7 Å². The lowest BCUT2D eigenvalue weighted by atomic mass is 10.3. The maximum Gasteiger partial charge on any atom is 0.504 e. The van der Waals surface area contributed by atoms with Crippen LogP contribution < -0.4 is 9.47 Å². The van der Waals surface area contributed by atoms with Crippen LogP contribution in [-0.2, 0) is 19.7 Å². The molecule has 0 atom stereocenters. The summed E-state index contributed by atoms with van der Waals surface area (Å²) in [6, 6.07) is 10.0. The number of methoxy groups -OCH3 is 2. The molecule has 0 aromatic heterocycles. The molecular weight excluding hydrogens is 368 g/mol. The maximum absolute atomic E-state index is 12.6. The van der Waals surface area contributed by atoms with Gasteiger partial charge in [-0.3, -0.25) is 0 Å². The lowest BCUT2D eigenvalue weighted by Crippen LogP contribution is -2.26. The van der Waals surface area contributed by atoms with Crippen LogP contribution in [0.3, 0.4) is 0 Å². The van der Waals surface area contributed by atoms with E-state index in [1.807, 2.05) is 0 Å². The molecule has 0 heterocycles. The molecule has 0 N–H and O–H groups in total. The van der Waals surface area contributed by atoms with Crippen molar-refractivity contribution in [1.82, 2.24) is 0 Å². The summed E-state index contributed by atoms with van der Waals surface area (Å²) in [5.74, 6) is 0.777. The standard InChI is InChI=1S/C15H14N2O6S2/c1-22-11-3-7-13(8-4-11)24(18,19)15(17-16)25(20,21)14-9-5-12(23-2)6-10-14/h3-10H,1-2H3. The van der Waals surface area contributed by atoms with E-state index in [1.54, 1.807) is 0 Å². The predicted octanol–water partition coefficient (Wildman–Crippen LogP) is 1.54. The molecule has 2 rings (SSSR count). The van der Waals surface area contributed by atoms with Gasteiger partial charge in [0.2, 0.25) is 0 Å². The molecule has 25 heavy (non-hydrogen) atoms. The number of hydrogen-bond acceptors (Lipinski definition) is 6. The second kappa shape index (κ2) is 7.06. The third-order valence-corrected chi connectivity index (χ3v) is 7.47. The lowest BCUT2D eigenvalue weighted by molar-refractivity contribution is 0.00380. The minimum Gasteiger partial charge on any atom is -0.497 e. The van der Waals surface area contributed by atoms with E-state index in [4.69, 9.17) is 15.0 Å². The second-order valence-corrected chi connectivity index (χ2v) is 8.71. The van der Waals surface area contributed by atoms with Crippen LogP contribution in [0, 0.1) is 0 Å². The predicted molar refractivity (Wildman–Crippen MR) is 89.0 cm³/mol. The molecule has 2 aromatic carbocycles. The van der Waals surface area contributed by atoms with Gasteiger partial charge in [-0.05, 0) is 48.5 Å². The monoisotopic (exact) mass is 382 g/mol. The maximum atomic E-state index is 12.6. The highest BCUT2D eigenvalue weighted by atomic mass is 32.3. The molecular formula is C15H14N2O6S2. The van der Waals surface area contributed by atoms with Crippen molar-refractivity contribution in [2.75, 3.05) is 14.2 Å². The molecule has 10 heteroatoms. The molecule has 0 unspecified atom stereocenters. The molecule has 8 nitrogen and oxygen atoms in total. The average Bonchev–Trinajstić information content (AvgIpc) is 2.62. The summed E-state index contributed by atoms with van der Waals surface area (Å²) >= 11 is 0. The van der Waals surface area contributed by atoms with E-state index in [-0.39, 0.29) is 9.79 Å². The van der Waals surface area contributed by atoms with Gasteiger partial charge in [0.05, 0.1) is 24.0 Å². The number of benzene rings is 2. The number of rotatable bonds is 4. The Labute approximate surface area is 145 Å². The van der Waals surface area contributed by atoms with Crippen molar-refractivity contribution in [2.24, 2.45) is 0 Å². The van der Waals surface area contributed by atoms with Crippen molar-refractivity contribution >= 4 is 24.1 Å². The molecule has 0 saturated carbocycles. The van der Waals surface area contributed by atoms with E-state index in [2.05, 4.69) is 4.79 Å². The summed E-state index contributed by atoms with van der Waals surface area (Å²) in [6.07, 6.45) is 0. The molecule has 0 saturated heterocycles. The van der Waals surface area contributed by atoms with Crippen LogP contribution in [0.15, 0.2) is 58.3 Å². The van der Waals surface area contributed by atoms with Crippen LogP contribution in [0.25, 0.3) is 5.53 Å². The van der Waals surface area contributed by atoms with Crippen LogP contribution in [0.2, 0.25) is 0 Å². The fourth-order valence-corrected chi connectivity index (χ4v) is 5.30. The first-order valence-electron chi connectivity index (χ1n) is 6.77. The van der Waals surface area contributed by atoms with Gasteiger partial charge < -0.3 is 15.0 Å². The van der Waals surface area contributed by atoms with Crippen molar-refractivity contribution < 1.29 is 31.1 Å². The Morgan fingerprint density at radius 2 is 1.08 bits per heavy atom. The zero-order valence-electron chi connectivity index (χ0n) is 13.3. The largest absolute Gasteiger partial charge is 0.504 e. The van der Waals surface area contributed by atoms with E-state index < -0.39 is 24.1 Å². The van der Waals surface area contributed by atoms with Crippen molar-refractivity contribution in [3.63, 3.8) is 0 Å². The third kappa shape index (κ3) is 3.55. The fourth-order valence-electron chi connectivity index (χ4n) is 1.96. The van der Waals surface area contributed by atoms with Gasteiger partial charge in [-0.15, -0.1) is 4.79 Å². The van der Waals surface area contributed by atoms with Crippen LogP contribution in [-0.4, -0.2) is 40.2 Å². The van der Waals surface area contributed by atoms with Gasteiger partial charge in [-0.2, -0.15) is 0 Å². The van der Waals surface area contributed by atoms with Gasteiger partial charge in [-0.1, -0.05) is 0 Å². The summed E-state index contributed by atoms with van der Waals surface area (Å²) in [5.41, 5.74) is 9.10. The van der Waals surface area contributed by atoms with Gasteiger partial charge in [0.15, 0.2) is 0 Å². The Bertz CT molecular complexity index is 941. The highest BCUT2D eigenvalue weighted by Crippen LogP contribution is 2.23. The van der Waals surface area contributed by atoms with Crippen LogP contribution in [0.5, 0.6) is 11.5 Å².